The molecule has 2 unspecified atom stereocenters. The van der Waals surface area contributed by atoms with Crippen LogP contribution >= 0.6 is 23.4 Å². The highest BCUT2D eigenvalue weighted by atomic mass is 35.5. The van der Waals surface area contributed by atoms with Crippen molar-refractivity contribution in [3.63, 3.8) is 0 Å². The Bertz CT molecular complexity index is 456. The molecule has 1 aliphatic rings. The number of halogens is 1. The quantitative estimate of drug-likeness (QED) is 0.673. The molecule has 18 heavy (non-hydrogen) atoms. The summed E-state index contributed by atoms with van der Waals surface area (Å²) < 4.78 is 0. The molecule has 4 nitrogen and oxygen atoms in total. The van der Waals surface area contributed by atoms with Crippen molar-refractivity contribution in [2.24, 2.45) is 0 Å². The number of nitro groups is 1. The van der Waals surface area contributed by atoms with Crippen molar-refractivity contribution >= 4 is 34.7 Å². The standard InChI is InChI=1S/C12H15ClN2O2S/c1-18-12-4-2-3-10(12)14-9-6-5-8(13)7-11(9)15(16)17/h5-7,10,12,14H,2-4H2,1H3. The average Bonchev–Trinajstić information content (AvgIpc) is 2.78. The Morgan fingerprint density at radius 3 is 2.94 bits per heavy atom. The molecule has 1 aliphatic carbocycles. The molecule has 2 rings (SSSR count). The first-order chi connectivity index (χ1) is 8.61. The summed E-state index contributed by atoms with van der Waals surface area (Å²) in [7, 11) is 0. The Hall–Kier alpha value is -0.940. The van der Waals surface area contributed by atoms with Gasteiger partial charge in [-0.15, -0.1) is 0 Å². The second kappa shape index (κ2) is 5.80. The first kappa shape index (κ1) is 13.5. The van der Waals surface area contributed by atoms with Crippen molar-refractivity contribution in [2.45, 2.75) is 30.6 Å². The molecule has 1 N–H and O–H groups in total. The van der Waals surface area contributed by atoms with Crippen LogP contribution in [-0.2, 0) is 0 Å². The number of hydrogen-bond donors (Lipinski definition) is 1. The van der Waals surface area contributed by atoms with Crippen LogP contribution in [0.5, 0.6) is 0 Å². The molecule has 1 aromatic carbocycles. The van der Waals surface area contributed by atoms with Crippen LogP contribution in [0.2, 0.25) is 5.02 Å². The topological polar surface area (TPSA) is 55.2 Å². The summed E-state index contributed by atoms with van der Waals surface area (Å²) in [5.41, 5.74) is 0.615. The van der Waals surface area contributed by atoms with E-state index in [9.17, 15) is 10.1 Å². The van der Waals surface area contributed by atoms with E-state index >= 15 is 0 Å². The molecule has 1 aromatic rings. The summed E-state index contributed by atoms with van der Waals surface area (Å²) in [5.74, 6) is 0. The van der Waals surface area contributed by atoms with Crippen LogP contribution in [0.1, 0.15) is 19.3 Å². The summed E-state index contributed by atoms with van der Waals surface area (Å²) in [4.78, 5) is 10.6. The maximum Gasteiger partial charge on any atom is 0.293 e. The summed E-state index contributed by atoms with van der Waals surface area (Å²) in [6.45, 7) is 0. The second-order valence-corrected chi connectivity index (χ2v) is 5.89. The number of nitrogens with one attached hydrogen (secondary N) is 1. The normalized spacial score (nSPS) is 23.0. The molecular weight excluding hydrogens is 272 g/mol. The number of thioether (sulfide) groups is 1. The largest absolute Gasteiger partial charge is 0.376 e. The molecule has 0 bridgehead atoms. The first-order valence-electron chi connectivity index (χ1n) is 5.85. The van der Waals surface area contributed by atoms with Crippen LogP contribution in [0.15, 0.2) is 18.2 Å². The molecule has 98 valence electrons. The molecule has 1 saturated carbocycles. The van der Waals surface area contributed by atoms with Crippen LogP contribution in [0.4, 0.5) is 11.4 Å². The molecule has 6 heteroatoms. The lowest BCUT2D eigenvalue weighted by atomic mass is 10.2. The van der Waals surface area contributed by atoms with Crippen molar-refractivity contribution in [3.8, 4) is 0 Å². The van der Waals surface area contributed by atoms with Gasteiger partial charge in [0.15, 0.2) is 0 Å². The van der Waals surface area contributed by atoms with Gasteiger partial charge in [0.2, 0.25) is 0 Å². The van der Waals surface area contributed by atoms with Gasteiger partial charge in [-0.05, 0) is 31.2 Å². The van der Waals surface area contributed by atoms with Gasteiger partial charge in [0, 0.05) is 22.4 Å². The van der Waals surface area contributed by atoms with Gasteiger partial charge >= 0.3 is 0 Å². The number of hydrogen-bond acceptors (Lipinski definition) is 4. The first-order valence-corrected chi connectivity index (χ1v) is 7.51. The van der Waals surface area contributed by atoms with E-state index in [-0.39, 0.29) is 5.69 Å². The average molecular weight is 287 g/mol. The third-order valence-electron chi connectivity index (χ3n) is 3.25. The fourth-order valence-corrected chi connectivity index (χ4v) is 3.45. The Balaban J connectivity index is 2.20. The van der Waals surface area contributed by atoms with E-state index in [2.05, 4.69) is 11.6 Å². The number of nitro benzene ring substituents is 1. The molecule has 0 aromatic heterocycles. The van der Waals surface area contributed by atoms with Gasteiger partial charge in [-0.1, -0.05) is 18.0 Å². The smallest absolute Gasteiger partial charge is 0.293 e. The minimum absolute atomic E-state index is 0.0502. The fourth-order valence-electron chi connectivity index (χ4n) is 2.35. The summed E-state index contributed by atoms with van der Waals surface area (Å²) >= 11 is 7.62. The number of rotatable bonds is 4. The van der Waals surface area contributed by atoms with E-state index in [4.69, 9.17) is 11.6 Å². The lowest BCUT2D eigenvalue weighted by molar-refractivity contribution is -0.384. The predicted octanol–water partition coefficient (Wildman–Crippen LogP) is 3.94. The summed E-state index contributed by atoms with van der Waals surface area (Å²) in [5, 5.41) is 15.2. The molecule has 1 fully saturated rings. The van der Waals surface area contributed by atoms with Crippen LogP contribution in [0, 0.1) is 10.1 Å². The van der Waals surface area contributed by atoms with Crippen molar-refractivity contribution < 1.29 is 4.92 Å². The van der Waals surface area contributed by atoms with Crippen molar-refractivity contribution in [1.29, 1.82) is 0 Å². The zero-order chi connectivity index (χ0) is 13.1. The molecule has 0 radical (unpaired) electrons. The predicted molar refractivity (Wildman–Crippen MR) is 76.7 cm³/mol. The third-order valence-corrected chi connectivity index (χ3v) is 4.66. The van der Waals surface area contributed by atoms with Gasteiger partial charge in [0.1, 0.15) is 5.69 Å². The zero-order valence-electron chi connectivity index (χ0n) is 10.1. The Kier molecular flexibility index (Phi) is 4.35. The number of anilines is 1. The van der Waals surface area contributed by atoms with Crippen LogP contribution < -0.4 is 5.32 Å². The summed E-state index contributed by atoms with van der Waals surface area (Å²) in [6.07, 6.45) is 5.48. The lowest BCUT2D eigenvalue weighted by Gasteiger charge is -2.20. The Labute approximate surface area is 115 Å². The van der Waals surface area contributed by atoms with Gasteiger partial charge < -0.3 is 5.32 Å². The highest BCUT2D eigenvalue weighted by Gasteiger charge is 2.28. The van der Waals surface area contributed by atoms with E-state index in [1.807, 2.05) is 11.8 Å². The van der Waals surface area contributed by atoms with Crippen molar-refractivity contribution in [3.05, 3.63) is 33.3 Å². The van der Waals surface area contributed by atoms with Crippen LogP contribution in [0.25, 0.3) is 0 Å². The van der Waals surface area contributed by atoms with Gasteiger partial charge in [-0.2, -0.15) is 11.8 Å². The van der Waals surface area contributed by atoms with E-state index in [1.165, 1.54) is 18.9 Å². The molecular formula is C12H15ClN2O2S. The lowest BCUT2D eigenvalue weighted by Crippen LogP contribution is -2.26. The molecule has 0 heterocycles. The molecule has 0 amide bonds. The highest BCUT2D eigenvalue weighted by Crippen LogP contribution is 2.34. The maximum absolute atomic E-state index is 11.0. The number of nitrogens with zero attached hydrogens (tertiary/aromatic N) is 1. The van der Waals surface area contributed by atoms with Crippen molar-refractivity contribution in [2.75, 3.05) is 11.6 Å². The zero-order valence-corrected chi connectivity index (χ0v) is 11.6. The second-order valence-electron chi connectivity index (χ2n) is 4.37. The van der Waals surface area contributed by atoms with Gasteiger partial charge in [-0.3, -0.25) is 10.1 Å². The molecule has 0 aliphatic heterocycles. The maximum atomic E-state index is 11.0. The van der Waals surface area contributed by atoms with Crippen LogP contribution in [0.3, 0.4) is 0 Å². The molecule has 0 spiro atoms. The van der Waals surface area contributed by atoms with E-state index in [1.54, 1.807) is 12.1 Å². The van der Waals surface area contributed by atoms with E-state index < -0.39 is 4.92 Å². The number of benzene rings is 1. The molecule has 0 saturated heterocycles. The Morgan fingerprint density at radius 2 is 2.28 bits per heavy atom. The molecule has 2 atom stereocenters. The Morgan fingerprint density at radius 1 is 1.50 bits per heavy atom. The van der Waals surface area contributed by atoms with Crippen molar-refractivity contribution in [1.82, 2.24) is 0 Å². The van der Waals surface area contributed by atoms with E-state index in [0.29, 0.717) is 22.0 Å². The SMILES string of the molecule is CSC1CCCC1Nc1ccc(Cl)cc1[N+](=O)[O-]. The van der Waals surface area contributed by atoms with Gasteiger partial charge in [0.25, 0.3) is 5.69 Å². The summed E-state index contributed by atoms with van der Waals surface area (Å²) in [6, 6.07) is 5.07. The van der Waals surface area contributed by atoms with Crippen LogP contribution in [-0.4, -0.2) is 22.5 Å². The minimum Gasteiger partial charge on any atom is -0.376 e. The highest BCUT2D eigenvalue weighted by molar-refractivity contribution is 7.99. The van der Waals surface area contributed by atoms with Gasteiger partial charge in [0.05, 0.1) is 4.92 Å². The third kappa shape index (κ3) is 2.90. The minimum atomic E-state index is -0.392. The fraction of sp³-hybridized carbons (Fsp3) is 0.500. The van der Waals surface area contributed by atoms with Gasteiger partial charge in [-0.25, -0.2) is 0 Å². The van der Waals surface area contributed by atoms with E-state index in [0.717, 1.165) is 6.42 Å². The monoisotopic (exact) mass is 286 g/mol.